The summed E-state index contributed by atoms with van der Waals surface area (Å²) in [4.78, 5) is 13.3. The molecule has 2 atom stereocenters. The van der Waals surface area contributed by atoms with Gasteiger partial charge in [0, 0.05) is 17.1 Å². The molecule has 0 bridgehead atoms. The van der Waals surface area contributed by atoms with E-state index in [4.69, 9.17) is 11.6 Å². The van der Waals surface area contributed by atoms with Crippen LogP contribution in [0.25, 0.3) is 0 Å². The summed E-state index contributed by atoms with van der Waals surface area (Å²) in [6.45, 7) is 4.21. The van der Waals surface area contributed by atoms with Gasteiger partial charge >= 0.3 is 0 Å². The largest absolute Gasteiger partial charge is 0.325 e. The Morgan fingerprint density at radius 2 is 1.87 bits per heavy atom. The highest BCUT2D eigenvalue weighted by Crippen LogP contribution is 2.38. The Hall–Kier alpha value is -2.51. The fourth-order valence-electron chi connectivity index (χ4n) is 3.44. The average Bonchev–Trinajstić information content (AvgIpc) is 3.16. The minimum absolute atomic E-state index is 0.0806. The van der Waals surface area contributed by atoms with Crippen molar-refractivity contribution < 1.29 is 4.79 Å². The second-order valence-corrected chi connectivity index (χ2v) is 8.77. The molecular weight excluding hydrogens is 418 g/mol. The molecule has 0 unspecified atom stereocenters. The topological polar surface area (TPSA) is 71.8 Å². The van der Waals surface area contributed by atoms with Crippen LogP contribution in [0.5, 0.6) is 0 Å². The van der Waals surface area contributed by atoms with Gasteiger partial charge in [0.2, 0.25) is 11.1 Å². The Morgan fingerprint density at radius 3 is 2.53 bits per heavy atom. The van der Waals surface area contributed by atoms with Gasteiger partial charge in [0.15, 0.2) is 5.82 Å². The first-order chi connectivity index (χ1) is 14.6. The lowest BCUT2D eigenvalue weighted by Gasteiger charge is -2.33. The van der Waals surface area contributed by atoms with Crippen molar-refractivity contribution in [3.63, 3.8) is 0 Å². The fourth-order valence-corrected chi connectivity index (χ4v) is 4.67. The first-order valence-electron chi connectivity index (χ1n) is 10.1. The Kier molecular flexibility index (Phi) is 6.29. The third-order valence-electron chi connectivity index (χ3n) is 5.09. The Balaban J connectivity index is 1.63. The van der Waals surface area contributed by atoms with Gasteiger partial charge in [0.1, 0.15) is 5.25 Å². The summed E-state index contributed by atoms with van der Waals surface area (Å²) in [5.74, 6) is 0.788. The number of hydrogen-bond acceptors (Lipinski definition) is 5. The molecule has 30 heavy (non-hydrogen) atoms. The van der Waals surface area contributed by atoms with Crippen LogP contribution in [0, 0.1) is 0 Å². The number of rotatable bonds is 6. The lowest BCUT2D eigenvalue weighted by atomic mass is 10.0. The number of aromatic nitrogens is 3. The van der Waals surface area contributed by atoms with E-state index in [1.165, 1.54) is 17.3 Å². The van der Waals surface area contributed by atoms with Crippen molar-refractivity contribution in [2.45, 2.75) is 49.6 Å². The normalized spacial score (nSPS) is 17.8. The Bertz CT molecular complexity index is 1020. The summed E-state index contributed by atoms with van der Waals surface area (Å²) < 4.78 is 1.91. The molecule has 2 N–H and O–H groups in total. The minimum Gasteiger partial charge on any atom is -0.325 e. The van der Waals surface area contributed by atoms with E-state index >= 15 is 0 Å². The number of thioether (sulfide) groups is 1. The van der Waals surface area contributed by atoms with Gasteiger partial charge in [-0.05, 0) is 48.2 Å². The monoisotopic (exact) mass is 441 g/mol. The molecule has 1 aliphatic heterocycles. The maximum atomic E-state index is 13.3. The van der Waals surface area contributed by atoms with Crippen molar-refractivity contribution in [3.8, 4) is 0 Å². The highest BCUT2D eigenvalue weighted by atomic mass is 35.5. The van der Waals surface area contributed by atoms with E-state index in [9.17, 15) is 4.79 Å². The van der Waals surface area contributed by atoms with Crippen LogP contribution in [-0.4, -0.2) is 26.0 Å². The molecule has 0 radical (unpaired) electrons. The van der Waals surface area contributed by atoms with Crippen LogP contribution in [0.1, 0.15) is 43.3 Å². The summed E-state index contributed by atoms with van der Waals surface area (Å²) in [6.07, 6.45) is 2.74. The lowest BCUT2D eigenvalue weighted by Crippen LogP contribution is -2.41. The van der Waals surface area contributed by atoms with Crippen LogP contribution in [0.4, 0.5) is 5.69 Å². The molecule has 4 rings (SSSR count). The molecule has 1 aromatic heterocycles. The van der Waals surface area contributed by atoms with E-state index < -0.39 is 5.25 Å². The standard InChI is InChI=1S/C22H24ClN5OS/c1-3-5-18-25-26-22-28(18)27-19(15-8-10-16(23)11-9-15)20(30-22)21(29)24-17-12-6-14(4-2)7-13-17/h6-13,19-20,27H,3-5H2,1-2H3,(H,24,29)/t19-,20+/m0/s1. The molecule has 0 spiro atoms. The summed E-state index contributed by atoms with van der Waals surface area (Å²) in [5.41, 5.74) is 6.47. The SMILES string of the molecule is CCCc1nnc2n1N[C@@H](c1ccc(Cl)cc1)[C@H](C(=O)Nc1ccc(CC)cc1)S2. The van der Waals surface area contributed by atoms with E-state index in [1.54, 1.807) is 0 Å². The van der Waals surface area contributed by atoms with E-state index in [0.717, 1.165) is 36.3 Å². The smallest absolute Gasteiger partial charge is 0.240 e. The van der Waals surface area contributed by atoms with Gasteiger partial charge in [-0.1, -0.05) is 61.5 Å². The third-order valence-corrected chi connectivity index (χ3v) is 6.56. The van der Waals surface area contributed by atoms with Gasteiger partial charge in [-0.2, -0.15) is 0 Å². The molecule has 6 nitrogen and oxygen atoms in total. The van der Waals surface area contributed by atoms with Gasteiger partial charge in [0.25, 0.3) is 0 Å². The summed E-state index contributed by atoms with van der Waals surface area (Å²) in [6, 6.07) is 15.3. The maximum absolute atomic E-state index is 13.3. The van der Waals surface area contributed by atoms with Gasteiger partial charge in [-0.15, -0.1) is 10.2 Å². The summed E-state index contributed by atoms with van der Waals surface area (Å²) >= 11 is 7.51. The highest BCUT2D eigenvalue weighted by molar-refractivity contribution is 8.00. The fraction of sp³-hybridized carbons (Fsp3) is 0.318. The van der Waals surface area contributed by atoms with Gasteiger partial charge in [-0.3, -0.25) is 4.79 Å². The maximum Gasteiger partial charge on any atom is 0.240 e. The van der Waals surface area contributed by atoms with Crippen molar-refractivity contribution in [1.29, 1.82) is 0 Å². The molecule has 156 valence electrons. The molecule has 2 heterocycles. The zero-order valence-electron chi connectivity index (χ0n) is 16.9. The third kappa shape index (κ3) is 4.32. The Labute approximate surface area is 185 Å². The predicted molar refractivity (Wildman–Crippen MR) is 122 cm³/mol. The average molecular weight is 442 g/mol. The predicted octanol–water partition coefficient (Wildman–Crippen LogP) is 4.84. The lowest BCUT2D eigenvalue weighted by molar-refractivity contribution is -0.116. The number of aryl methyl sites for hydroxylation is 2. The van der Waals surface area contributed by atoms with Gasteiger partial charge in [0.05, 0.1) is 6.04 Å². The quantitative estimate of drug-likeness (QED) is 0.572. The molecule has 3 aromatic rings. The summed E-state index contributed by atoms with van der Waals surface area (Å²) in [5, 5.41) is 12.6. The molecule has 1 amide bonds. The van der Waals surface area contributed by atoms with E-state index in [1.807, 2.05) is 53.2 Å². The number of hydrogen-bond donors (Lipinski definition) is 2. The van der Waals surface area contributed by atoms with Gasteiger partial charge in [-0.25, -0.2) is 4.68 Å². The number of nitrogens with zero attached hydrogens (tertiary/aromatic N) is 3. The number of anilines is 1. The van der Waals surface area contributed by atoms with E-state index in [2.05, 4.69) is 34.8 Å². The van der Waals surface area contributed by atoms with Crippen molar-refractivity contribution >= 4 is 35.0 Å². The molecular formula is C22H24ClN5OS. The minimum atomic E-state index is -0.414. The van der Waals surface area contributed by atoms with Crippen LogP contribution in [0.15, 0.2) is 53.7 Å². The van der Waals surface area contributed by atoms with E-state index in [0.29, 0.717) is 10.2 Å². The van der Waals surface area contributed by atoms with Crippen molar-refractivity contribution in [1.82, 2.24) is 14.9 Å². The molecule has 0 saturated heterocycles. The molecule has 8 heteroatoms. The van der Waals surface area contributed by atoms with Crippen LogP contribution in [0.3, 0.4) is 0 Å². The second kappa shape index (κ2) is 9.10. The number of fused-ring (bicyclic) bond motifs is 1. The number of benzene rings is 2. The van der Waals surface area contributed by atoms with E-state index in [-0.39, 0.29) is 11.9 Å². The molecule has 1 aliphatic rings. The molecule has 0 aliphatic carbocycles. The number of amides is 1. The summed E-state index contributed by atoms with van der Waals surface area (Å²) in [7, 11) is 0. The van der Waals surface area contributed by atoms with Crippen LogP contribution < -0.4 is 10.7 Å². The zero-order chi connectivity index (χ0) is 21.1. The van der Waals surface area contributed by atoms with Crippen LogP contribution in [-0.2, 0) is 17.6 Å². The first-order valence-corrected chi connectivity index (χ1v) is 11.4. The number of carbonyl (C=O) groups is 1. The molecule has 0 saturated carbocycles. The van der Waals surface area contributed by atoms with Crippen LogP contribution >= 0.6 is 23.4 Å². The number of carbonyl (C=O) groups excluding carboxylic acids is 1. The number of halogens is 1. The van der Waals surface area contributed by atoms with Crippen molar-refractivity contribution in [2.24, 2.45) is 0 Å². The second-order valence-electron chi connectivity index (χ2n) is 7.22. The highest BCUT2D eigenvalue weighted by Gasteiger charge is 2.37. The molecule has 0 fully saturated rings. The zero-order valence-corrected chi connectivity index (χ0v) is 18.5. The van der Waals surface area contributed by atoms with Crippen molar-refractivity contribution in [2.75, 3.05) is 10.7 Å². The first kappa shape index (κ1) is 20.8. The van der Waals surface area contributed by atoms with Gasteiger partial charge < -0.3 is 10.7 Å². The van der Waals surface area contributed by atoms with Crippen molar-refractivity contribution in [3.05, 3.63) is 70.5 Å². The number of nitrogens with one attached hydrogen (secondary N) is 2. The molecule has 2 aromatic carbocycles. The Morgan fingerprint density at radius 1 is 1.13 bits per heavy atom. The van der Waals surface area contributed by atoms with Crippen LogP contribution in [0.2, 0.25) is 5.02 Å².